The summed E-state index contributed by atoms with van der Waals surface area (Å²) in [5, 5.41) is 20.9. The van der Waals surface area contributed by atoms with Crippen molar-refractivity contribution in [1.29, 1.82) is 0 Å². The van der Waals surface area contributed by atoms with Crippen LogP contribution in [0.2, 0.25) is 0 Å². The van der Waals surface area contributed by atoms with Crippen LogP contribution in [-0.4, -0.2) is 11.2 Å². The lowest BCUT2D eigenvalue weighted by Gasteiger charge is -2.44. The van der Waals surface area contributed by atoms with Crippen molar-refractivity contribution in [1.82, 2.24) is 0 Å². The van der Waals surface area contributed by atoms with Crippen molar-refractivity contribution in [3.63, 3.8) is 0 Å². The smallest absolute Gasteiger partial charge is 0.183 e. The van der Waals surface area contributed by atoms with Gasteiger partial charge in [-0.05, 0) is 81.6 Å². The number of nitrogens with zero attached hydrogens (tertiary/aromatic N) is 1. The van der Waals surface area contributed by atoms with E-state index in [4.69, 9.17) is 0 Å². The number of rotatable bonds is 3. The molecule has 2 saturated carbocycles. The number of hydrogen-bond donors (Lipinski definition) is 1. The molecule has 2 fully saturated rings. The van der Waals surface area contributed by atoms with Crippen LogP contribution in [0.1, 0.15) is 63.4 Å². The van der Waals surface area contributed by atoms with Crippen LogP contribution in [0.15, 0.2) is 24.5 Å². The van der Waals surface area contributed by atoms with Crippen LogP contribution in [0.4, 0.5) is 0 Å². The van der Waals surface area contributed by atoms with E-state index in [0.29, 0.717) is 5.41 Å². The molecule has 3 nitrogen and oxygen atoms in total. The van der Waals surface area contributed by atoms with Crippen LogP contribution >= 0.6 is 0 Å². The Hall–Kier alpha value is -1.09. The van der Waals surface area contributed by atoms with E-state index in [1.807, 2.05) is 6.07 Å². The number of aromatic nitrogens is 1. The van der Waals surface area contributed by atoms with Crippen molar-refractivity contribution >= 4 is 0 Å². The Balaban J connectivity index is 1.46. The topological polar surface area (TPSA) is 47.2 Å². The van der Waals surface area contributed by atoms with Crippen LogP contribution in [0.3, 0.4) is 0 Å². The summed E-state index contributed by atoms with van der Waals surface area (Å²) in [7, 11) is 0. The van der Waals surface area contributed by atoms with Gasteiger partial charge in [0.05, 0.1) is 6.10 Å². The van der Waals surface area contributed by atoms with Gasteiger partial charge in [0.25, 0.3) is 0 Å². The molecule has 3 heteroatoms. The Morgan fingerprint density at radius 2 is 1.81 bits per heavy atom. The van der Waals surface area contributed by atoms with Crippen molar-refractivity contribution in [3.05, 3.63) is 35.3 Å². The molecule has 1 N–H and O–H groups in total. The molecule has 1 aromatic heterocycles. The number of aliphatic hydroxyl groups is 1. The largest absolute Gasteiger partial charge is 0.619 e. The first kappa shape index (κ1) is 14.8. The summed E-state index contributed by atoms with van der Waals surface area (Å²) in [6.07, 6.45) is 15.3. The van der Waals surface area contributed by atoms with E-state index in [9.17, 15) is 10.3 Å². The number of aryl methyl sites for hydroxylation is 1. The maximum Gasteiger partial charge on any atom is 0.183 e. The molecule has 0 radical (unpaired) electrons. The predicted octanol–water partition coefficient (Wildman–Crippen LogP) is 3.36. The highest BCUT2D eigenvalue weighted by Crippen LogP contribution is 2.49. The molecule has 0 bridgehead atoms. The second kappa shape index (κ2) is 6.35. The van der Waals surface area contributed by atoms with E-state index in [0.717, 1.165) is 35.5 Å². The third kappa shape index (κ3) is 3.76. The molecular formula is C18H27NO2. The first-order valence-corrected chi connectivity index (χ1v) is 8.51. The third-order valence-corrected chi connectivity index (χ3v) is 5.86. The van der Waals surface area contributed by atoms with Gasteiger partial charge in [0.1, 0.15) is 0 Å². The fourth-order valence-corrected chi connectivity index (χ4v) is 4.31. The minimum atomic E-state index is -0.0368. The second-order valence-electron chi connectivity index (χ2n) is 7.29. The van der Waals surface area contributed by atoms with Gasteiger partial charge in [0.2, 0.25) is 0 Å². The van der Waals surface area contributed by atoms with Crippen LogP contribution in [-0.2, 0) is 6.42 Å². The number of hydrogen-bond acceptors (Lipinski definition) is 2. The molecule has 0 aromatic carbocycles. The molecule has 2 aliphatic rings. The average Bonchev–Trinajstić information content (AvgIpc) is 2.50. The van der Waals surface area contributed by atoms with E-state index in [1.165, 1.54) is 44.9 Å². The van der Waals surface area contributed by atoms with Crippen molar-refractivity contribution in [2.75, 3.05) is 0 Å². The summed E-state index contributed by atoms with van der Waals surface area (Å²) in [5.41, 5.74) is 1.72. The average molecular weight is 289 g/mol. The van der Waals surface area contributed by atoms with E-state index >= 15 is 0 Å². The minimum absolute atomic E-state index is 0.0368. The molecular weight excluding hydrogens is 262 g/mol. The van der Waals surface area contributed by atoms with Gasteiger partial charge < -0.3 is 10.3 Å². The standard InChI is InChI=1S/C18H27NO2/c20-17-7-11-18(12-8-17)9-5-15(6-10-18)3-4-16-2-1-13-19(21)14-16/h1-2,13-15,17,20H,3-12H2. The maximum absolute atomic E-state index is 11.3. The summed E-state index contributed by atoms with van der Waals surface area (Å²) >= 11 is 0. The molecule has 2 aliphatic carbocycles. The van der Waals surface area contributed by atoms with Gasteiger partial charge in [-0.3, -0.25) is 0 Å². The van der Waals surface area contributed by atoms with Gasteiger partial charge in [-0.25, -0.2) is 0 Å². The second-order valence-corrected chi connectivity index (χ2v) is 7.29. The van der Waals surface area contributed by atoms with E-state index in [2.05, 4.69) is 6.07 Å². The molecule has 1 aromatic rings. The summed E-state index contributed by atoms with van der Waals surface area (Å²) < 4.78 is 0.901. The summed E-state index contributed by atoms with van der Waals surface area (Å²) in [6.45, 7) is 0. The highest BCUT2D eigenvalue weighted by atomic mass is 16.5. The first-order valence-electron chi connectivity index (χ1n) is 8.51. The lowest BCUT2D eigenvalue weighted by atomic mass is 9.62. The zero-order chi connectivity index (χ0) is 14.7. The lowest BCUT2D eigenvalue weighted by molar-refractivity contribution is -0.605. The minimum Gasteiger partial charge on any atom is -0.619 e. The highest BCUT2D eigenvalue weighted by molar-refractivity contribution is 5.05. The zero-order valence-electron chi connectivity index (χ0n) is 12.8. The van der Waals surface area contributed by atoms with Crippen molar-refractivity contribution in [2.45, 2.75) is 70.3 Å². The van der Waals surface area contributed by atoms with Gasteiger partial charge >= 0.3 is 0 Å². The van der Waals surface area contributed by atoms with Gasteiger partial charge in [0, 0.05) is 11.6 Å². The highest BCUT2D eigenvalue weighted by Gasteiger charge is 2.37. The monoisotopic (exact) mass is 289 g/mol. The van der Waals surface area contributed by atoms with Gasteiger partial charge in [0.15, 0.2) is 12.4 Å². The first-order chi connectivity index (χ1) is 10.2. The predicted molar refractivity (Wildman–Crippen MR) is 82.6 cm³/mol. The van der Waals surface area contributed by atoms with Crippen LogP contribution < -0.4 is 4.73 Å². The van der Waals surface area contributed by atoms with Crippen molar-refractivity contribution in [3.8, 4) is 0 Å². The summed E-state index contributed by atoms with van der Waals surface area (Å²) in [5.74, 6) is 0.822. The normalized spacial score (nSPS) is 33.2. The van der Waals surface area contributed by atoms with Crippen LogP contribution in [0, 0.1) is 16.5 Å². The molecule has 21 heavy (non-hydrogen) atoms. The molecule has 116 valence electrons. The van der Waals surface area contributed by atoms with E-state index in [-0.39, 0.29) is 6.10 Å². The van der Waals surface area contributed by atoms with Gasteiger partial charge in [-0.1, -0.05) is 0 Å². The molecule has 1 spiro atoms. The van der Waals surface area contributed by atoms with Crippen LogP contribution in [0.5, 0.6) is 0 Å². The summed E-state index contributed by atoms with van der Waals surface area (Å²) in [4.78, 5) is 0. The van der Waals surface area contributed by atoms with Crippen molar-refractivity contribution in [2.24, 2.45) is 11.3 Å². The Morgan fingerprint density at radius 3 is 2.48 bits per heavy atom. The fourth-order valence-electron chi connectivity index (χ4n) is 4.31. The lowest BCUT2D eigenvalue weighted by Crippen LogP contribution is -2.33. The molecule has 0 aliphatic heterocycles. The molecule has 3 rings (SSSR count). The molecule has 1 heterocycles. The molecule has 0 atom stereocenters. The van der Waals surface area contributed by atoms with Gasteiger partial charge in [-0.15, -0.1) is 0 Å². The quantitative estimate of drug-likeness (QED) is 0.685. The number of aliphatic hydroxyl groups excluding tert-OH is 1. The van der Waals surface area contributed by atoms with Gasteiger partial charge in [-0.2, -0.15) is 4.73 Å². The Labute approximate surface area is 127 Å². The Bertz CT molecular complexity index is 456. The number of pyridine rings is 1. The fraction of sp³-hybridized carbons (Fsp3) is 0.722. The molecule has 0 amide bonds. The van der Waals surface area contributed by atoms with E-state index in [1.54, 1.807) is 12.4 Å². The third-order valence-electron chi connectivity index (χ3n) is 5.86. The Morgan fingerprint density at radius 1 is 1.14 bits per heavy atom. The maximum atomic E-state index is 11.3. The zero-order valence-corrected chi connectivity index (χ0v) is 12.8. The molecule has 0 saturated heterocycles. The summed E-state index contributed by atoms with van der Waals surface area (Å²) in [6, 6.07) is 3.90. The van der Waals surface area contributed by atoms with Crippen LogP contribution in [0.25, 0.3) is 0 Å². The van der Waals surface area contributed by atoms with E-state index < -0.39 is 0 Å². The molecule has 0 unspecified atom stereocenters. The SMILES string of the molecule is [O-][n+]1cccc(CCC2CCC3(CCC(O)CC3)CC2)c1. The Kier molecular flexibility index (Phi) is 4.48. The van der Waals surface area contributed by atoms with Crippen molar-refractivity contribution < 1.29 is 9.84 Å².